The monoisotopic (exact) mass is 393 g/mol. The molecule has 3 aromatic rings. The summed E-state index contributed by atoms with van der Waals surface area (Å²) in [6.45, 7) is 0. The van der Waals surface area contributed by atoms with Crippen molar-refractivity contribution in [1.29, 1.82) is 0 Å². The molecule has 0 spiro atoms. The Bertz CT molecular complexity index is 1040. The standard InChI is InChI=1S/C18H14F3N3O4/c1-24-14-9-10(17(26)27-2)3-8-13(14)15(23-24)16(25)22-11-4-6-12(7-5-11)28-18(19,20)21/h3-9H,1-2H3,(H,22,25). The van der Waals surface area contributed by atoms with E-state index >= 15 is 0 Å². The molecule has 0 aliphatic carbocycles. The highest BCUT2D eigenvalue weighted by molar-refractivity contribution is 6.11. The molecule has 2 aromatic carbocycles. The Kier molecular flexibility index (Phi) is 4.95. The van der Waals surface area contributed by atoms with Crippen LogP contribution in [0.15, 0.2) is 42.5 Å². The van der Waals surface area contributed by atoms with E-state index in [0.29, 0.717) is 16.5 Å². The van der Waals surface area contributed by atoms with Gasteiger partial charge in [0.25, 0.3) is 5.91 Å². The number of nitrogens with zero attached hydrogens (tertiary/aromatic N) is 2. The molecule has 0 bridgehead atoms. The number of amides is 1. The lowest BCUT2D eigenvalue weighted by Crippen LogP contribution is -2.17. The van der Waals surface area contributed by atoms with Crippen LogP contribution < -0.4 is 10.1 Å². The third-order valence-corrected chi connectivity index (χ3v) is 3.83. The van der Waals surface area contributed by atoms with E-state index in [1.165, 1.54) is 30.0 Å². The maximum absolute atomic E-state index is 12.5. The number of carbonyl (C=O) groups is 2. The van der Waals surface area contributed by atoms with Crippen LogP contribution in [0.1, 0.15) is 20.8 Å². The second-order valence-corrected chi connectivity index (χ2v) is 5.72. The number of aromatic nitrogens is 2. The fourth-order valence-corrected chi connectivity index (χ4v) is 2.60. The summed E-state index contributed by atoms with van der Waals surface area (Å²) in [6, 6.07) is 9.36. The summed E-state index contributed by atoms with van der Waals surface area (Å²) in [6.07, 6.45) is -4.79. The molecule has 3 rings (SSSR count). The van der Waals surface area contributed by atoms with E-state index in [4.69, 9.17) is 0 Å². The minimum absolute atomic E-state index is 0.101. The summed E-state index contributed by atoms with van der Waals surface area (Å²) in [7, 11) is 2.88. The third-order valence-electron chi connectivity index (χ3n) is 3.83. The van der Waals surface area contributed by atoms with Gasteiger partial charge in [-0.1, -0.05) is 0 Å². The van der Waals surface area contributed by atoms with Crippen LogP contribution in [0.5, 0.6) is 5.75 Å². The zero-order valence-corrected chi connectivity index (χ0v) is 14.7. The minimum atomic E-state index is -4.79. The van der Waals surface area contributed by atoms with Gasteiger partial charge in [0.05, 0.1) is 18.2 Å². The number of aryl methyl sites for hydroxylation is 1. The van der Waals surface area contributed by atoms with Crippen LogP contribution in [0.2, 0.25) is 0 Å². The maximum atomic E-state index is 12.5. The van der Waals surface area contributed by atoms with Crippen LogP contribution in [0.3, 0.4) is 0 Å². The first-order valence-corrected chi connectivity index (χ1v) is 7.90. The molecule has 1 N–H and O–H groups in total. The predicted octanol–water partition coefficient (Wildman–Crippen LogP) is 3.51. The Morgan fingerprint density at radius 1 is 1.11 bits per heavy atom. The van der Waals surface area contributed by atoms with Crippen LogP contribution in [-0.4, -0.2) is 35.1 Å². The van der Waals surface area contributed by atoms with Gasteiger partial charge in [-0.25, -0.2) is 4.79 Å². The van der Waals surface area contributed by atoms with E-state index in [1.807, 2.05) is 0 Å². The summed E-state index contributed by atoms with van der Waals surface area (Å²) in [5.74, 6) is -1.47. The van der Waals surface area contributed by atoms with Gasteiger partial charge in [0, 0.05) is 18.1 Å². The van der Waals surface area contributed by atoms with E-state index in [2.05, 4.69) is 19.9 Å². The third kappa shape index (κ3) is 4.05. The van der Waals surface area contributed by atoms with Gasteiger partial charge >= 0.3 is 12.3 Å². The topological polar surface area (TPSA) is 82.5 Å². The van der Waals surface area contributed by atoms with Crippen LogP contribution in [0.25, 0.3) is 10.9 Å². The van der Waals surface area contributed by atoms with Crippen LogP contribution in [-0.2, 0) is 11.8 Å². The van der Waals surface area contributed by atoms with Gasteiger partial charge in [-0.2, -0.15) is 5.10 Å². The molecule has 146 valence electrons. The molecule has 0 aliphatic heterocycles. The van der Waals surface area contributed by atoms with E-state index in [9.17, 15) is 22.8 Å². The quantitative estimate of drug-likeness (QED) is 0.686. The molecular weight excluding hydrogens is 379 g/mol. The first-order valence-electron chi connectivity index (χ1n) is 7.90. The molecule has 0 aliphatic rings. The number of rotatable bonds is 4. The van der Waals surface area contributed by atoms with Gasteiger partial charge < -0.3 is 14.8 Å². The number of halogens is 3. The number of carbonyl (C=O) groups excluding carboxylic acids is 2. The highest BCUT2D eigenvalue weighted by atomic mass is 19.4. The number of fused-ring (bicyclic) bond motifs is 1. The van der Waals surface area contributed by atoms with Crippen molar-refractivity contribution in [2.24, 2.45) is 7.05 Å². The fourth-order valence-electron chi connectivity index (χ4n) is 2.60. The number of hydrogen-bond donors (Lipinski definition) is 1. The number of benzene rings is 2. The first-order chi connectivity index (χ1) is 13.2. The smallest absolute Gasteiger partial charge is 0.465 e. The number of methoxy groups -OCH3 is 1. The van der Waals surface area contributed by atoms with Gasteiger partial charge in [-0.05, 0) is 42.5 Å². The van der Waals surface area contributed by atoms with Gasteiger partial charge in [0.1, 0.15) is 5.75 Å². The molecular formula is C18H14F3N3O4. The van der Waals surface area contributed by atoms with Gasteiger partial charge in [-0.3, -0.25) is 9.48 Å². The summed E-state index contributed by atoms with van der Waals surface area (Å²) in [4.78, 5) is 24.2. The van der Waals surface area contributed by atoms with Crippen molar-refractivity contribution in [3.8, 4) is 5.75 Å². The van der Waals surface area contributed by atoms with E-state index in [-0.39, 0.29) is 11.4 Å². The molecule has 0 saturated carbocycles. The normalized spacial score (nSPS) is 11.3. The minimum Gasteiger partial charge on any atom is -0.465 e. The molecule has 0 unspecified atom stereocenters. The Hall–Kier alpha value is -3.56. The second kappa shape index (κ2) is 7.22. The molecule has 0 fully saturated rings. The molecule has 1 heterocycles. The van der Waals surface area contributed by atoms with E-state index < -0.39 is 24.0 Å². The molecule has 28 heavy (non-hydrogen) atoms. The van der Waals surface area contributed by atoms with E-state index in [0.717, 1.165) is 12.1 Å². The Labute approximate surface area is 156 Å². The summed E-state index contributed by atoms with van der Waals surface area (Å²) >= 11 is 0. The largest absolute Gasteiger partial charge is 0.573 e. The van der Waals surface area contributed by atoms with Crippen LogP contribution in [0.4, 0.5) is 18.9 Å². The highest BCUT2D eigenvalue weighted by Gasteiger charge is 2.31. The molecule has 0 atom stereocenters. The molecule has 0 radical (unpaired) electrons. The number of anilines is 1. The lowest BCUT2D eigenvalue weighted by atomic mass is 10.1. The molecule has 7 nitrogen and oxygen atoms in total. The van der Waals surface area contributed by atoms with Crippen LogP contribution in [0, 0.1) is 0 Å². The van der Waals surface area contributed by atoms with Crippen molar-refractivity contribution in [2.75, 3.05) is 12.4 Å². The van der Waals surface area contributed by atoms with Gasteiger partial charge in [0.15, 0.2) is 5.69 Å². The number of ether oxygens (including phenoxy) is 2. The number of hydrogen-bond acceptors (Lipinski definition) is 5. The van der Waals surface area contributed by atoms with Gasteiger partial charge in [-0.15, -0.1) is 13.2 Å². The highest BCUT2D eigenvalue weighted by Crippen LogP contribution is 2.25. The number of nitrogens with one attached hydrogen (secondary N) is 1. The second-order valence-electron chi connectivity index (χ2n) is 5.72. The Balaban J connectivity index is 1.83. The summed E-state index contributed by atoms with van der Waals surface area (Å²) < 4.78 is 46.5. The van der Waals surface area contributed by atoms with Crippen molar-refractivity contribution in [3.63, 3.8) is 0 Å². The molecule has 1 aromatic heterocycles. The first kappa shape index (κ1) is 19.2. The van der Waals surface area contributed by atoms with Crippen molar-refractivity contribution >= 4 is 28.5 Å². The summed E-state index contributed by atoms with van der Waals surface area (Å²) in [5, 5.41) is 7.22. The zero-order valence-electron chi connectivity index (χ0n) is 14.7. The molecule has 0 saturated heterocycles. The lowest BCUT2D eigenvalue weighted by molar-refractivity contribution is -0.274. The van der Waals surface area contributed by atoms with Crippen LogP contribution >= 0.6 is 0 Å². The Morgan fingerprint density at radius 2 is 1.79 bits per heavy atom. The van der Waals surface area contributed by atoms with Crippen molar-refractivity contribution in [2.45, 2.75) is 6.36 Å². The van der Waals surface area contributed by atoms with Crippen molar-refractivity contribution in [1.82, 2.24) is 9.78 Å². The predicted molar refractivity (Wildman–Crippen MR) is 93.1 cm³/mol. The summed E-state index contributed by atoms with van der Waals surface area (Å²) in [5.41, 5.74) is 1.22. The lowest BCUT2D eigenvalue weighted by Gasteiger charge is -2.09. The molecule has 10 heteroatoms. The Morgan fingerprint density at radius 3 is 2.39 bits per heavy atom. The van der Waals surface area contributed by atoms with Gasteiger partial charge in [0.2, 0.25) is 0 Å². The number of alkyl halides is 3. The van der Waals surface area contributed by atoms with Crippen molar-refractivity contribution < 1.29 is 32.2 Å². The maximum Gasteiger partial charge on any atom is 0.573 e. The zero-order chi connectivity index (χ0) is 20.5. The van der Waals surface area contributed by atoms with Crippen molar-refractivity contribution in [3.05, 3.63) is 53.7 Å². The average molecular weight is 393 g/mol. The SMILES string of the molecule is COC(=O)c1ccc2c(C(=O)Nc3ccc(OC(F)(F)F)cc3)nn(C)c2c1. The van der Waals surface area contributed by atoms with E-state index in [1.54, 1.807) is 19.2 Å². The molecule has 1 amide bonds. The fraction of sp³-hybridized carbons (Fsp3) is 0.167. The number of esters is 1. The average Bonchev–Trinajstić information content (AvgIpc) is 2.98.